The molecule has 1 heterocycles. The number of hydroxylamine groups is 2. The molecule has 0 spiro atoms. The number of nitrogens with zero attached hydrogens (tertiary/aromatic N) is 1. The summed E-state index contributed by atoms with van der Waals surface area (Å²) >= 11 is 0. The maximum absolute atomic E-state index is 12.1. The monoisotopic (exact) mass is 314 g/mol. The summed E-state index contributed by atoms with van der Waals surface area (Å²) in [6, 6.07) is 0. The highest BCUT2D eigenvalue weighted by Gasteiger charge is 2.43. The first-order chi connectivity index (χ1) is 9.99. The van der Waals surface area contributed by atoms with E-state index in [1.165, 1.54) is 6.92 Å². The van der Waals surface area contributed by atoms with Gasteiger partial charge in [-0.15, -0.1) is 0 Å². The minimum Gasteiger partial charge on any atom is -0.624 e. The van der Waals surface area contributed by atoms with Crippen LogP contribution in [0.5, 0.6) is 0 Å². The number of carbonyl (C=O) groups excluding carboxylic acids is 1. The number of rotatable bonds is 3. The van der Waals surface area contributed by atoms with Crippen molar-refractivity contribution in [1.82, 2.24) is 0 Å². The molecule has 0 aliphatic carbocycles. The molecule has 0 aromatic carbocycles. The lowest BCUT2D eigenvalue weighted by Crippen LogP contribution is -3.04. The first-order valence-electron chi connectivity index (χ1n) is 6.98. The molecule has 1 N–H and O–H groups in total. The molecular weight excluding hydrogens is 292 g/mol. The van der Waals surface area contributed by atoms with Gasteiger partial charge in [0.25, 0.3) is 0 Å². The highest BCUT2D eigenvalue weighted by molar-refractivity contribution is 5.61. The van der Waals surface area contributed by atoms with Crippen molar-refractivity contribution in [3.05, 3.63) is 38.0 Å². The van der Waals surface area contributed by atoms with Gasteiger partial charge in [-0.3, -0.25) is 10.1 Å². The van der Waals surface area contributed by atoms with Gasteiger partial charge in [0.15, 0.2) is 5.70 Å². The van der Waals surface area contributed by atoms with Crippen molar-refractivity contribution in [1.29, 1.82) is 0 Å². The predicted octanol–water partition coefficient (Wildman–Crippen LogP) is 1.90. The van der Waals surface area contributed by atoms with Crippen molar-refractivity contribution in [2.45, 2.75) is 59.7 Å². The van der Waals surface area contributed by atoms with Crippen LogP contribution in [0.4, 0.5) is 4.79 Å². The highest BCUT2D eigenvalue weighted by Crippen LogP contribution is 2.27. The Hall–Kier alpha value is -1.93. The Morgan fingerprint density at radius 2 is 1.86 bits per heavy atom. The summed E-state index contributed by atoms with van der Waals surface area (Å²) in [4.78, 5) is 22.5. The van der Waals surface area contributed by atoms with Crippen molar-refractivity contribution in [2.24, 2.45) is 0 Å². The summed E-state index contributed by atoms with van der Waals surface area (Å²) in [5, 5.41) is 23.0. The Morgan fingerprint density at radius 3 is 2.27 bits per heavy atom. The van der Waals surface area contributed by atoms with Gasteiger partial charge in [0.2, 0.25) is 6.10 Å². The van der Waals surface area contributed by atoms with E-state index in [1.807, 2.05) is 0 Å². The molecule has 0 saturated carbocycles. The topological polar surface area (TPSA) is 106 Å². The standard InChI is InChI=1S/C14H22N2O6/c1-7-10-8(2)15(18)9(3)11(16(19)20)12(10)21-13(17)22-14(4,5)6/h12,15H,7H2,1-6H3. The molecule has 1 aliphatic heterocycles. The van der Waals surface area contributed by atoms with E-state index in [1.54, 1.807) is 34.6 Å². The molecule has 2 unspecified atom stereocenters. The van der Waals surface area contributed by atoms with Gasteiger partial charge in [-0.25, -0.2) is 4.79 Å². The van der Waals surface area contributed by atoms with Crippen LogP contribution in [0.3, 0.4) is 0 Å². The van der Waals surface area contributed by atoms with E-state index >= 15 is 0 Å². The molecule has 22 heavy (non-hydrogen) atoms. The molecule has 0 saturated heterocycles. The number of hydrogen-bond acceptors (Lipinski definition) is 6. The molecule has 1 rings (SSSR count). The zero-order valence-corrected chi connectivity index (χ0v) is 13.7. The average Bonchev–Trinajstić information content (AvgIpc) is 2.34. The molecule has 8 heteroatoms. The van der Waals surface area contributed by atoms with Crippen LogP contribution in [0.15, 0.2) is 22.7 Å². The van der Waals surface area contributed by atoms with Gasteiger partial charge in [-0.1, -0.05) is 6.92 Å². The summed E-state index contributed by atoms with van der Waals surface area (Å²) in [5.41, 5.74) is -0.404. The average molecular weight is 314 g/mol. The van der Waals surface area contributed by atoms with E-state index < -0.39 is 33.5 Å². The zero-order chi connectivity index (χ0) is 17.2. The first kappa shape index (κ1) is 18.1. The minimum absolute atomic E-state index is 0.0201. The second-order valence-corrected chi connectivity index (χ2v) is 6.06. The second-order valence-electron chi connectivity index (χ2n) is 6.06. The Morgan fingerprint density at radius 1 is 1.32 bits per heavy atom. The van der Waals surface area contributed by atoms with E-state index in [0.717, 1.165) is 0 Å². The smallest absolute Gasteiger partial charge is 0.509 e. The molecule has 2 atom stereocenters. The van der Waals surface area contributed by atoms with E-state index in [-0.39, 0.29) is 5.70 Å². The highest BCUT2D eigenvalue weighted by atomic mass is 16.7. The van der Waals surface area contributed by atoms with Crippen LogP contribution < -0.4 is 5.06 Å². The van der Waals surface area contributed by atoms with Crippen LogP contribution in [0.1, 0.15) is 48.0 Å². The number of nitro groups is 1. The number of hydrogen-bond donors (Lipinski definition) is 1. The van der Waals surface area contributed by atoms with Crippen molar-refractivity contribution >= 4 is 6.16 Å². The van der Waals surface area contributed by atoms with Crippen LogP contribution in [0.25, 0.3) is 0 Å². The third-order valence-corrected chi connectivity index (χ3v) is 3.29. The van der Waals surface area contributed by atoms with Gasteiger partial charge >= 0.3 is 11.9 Å². The molecule has 0 aromatic heterocycles. The Kier molecular flexibility index (Phi) is 5.31. The number of allylic oxidation sites excluding steroid dienone is 2. The SMILES string of the molecule is CCC1=C(C)[NH+]([O-])C(C)=C([N+](=O)[O-])C1OC(=O)OC(C)(C)C. The summed E-state index contributed by atoms with van der Waals surface area (Å²) in [5.74, 6) is 0. The zero-order valence-electron chi connectivity index (χ0n) is 13.7. The summed E-state index contributed by atoms with van der Waals surface area (Å²) in [6.07, 6.45) is -1.85. The van der Waals surface area contributed by atoms with Gasteiger partial charge in [-0.05, 0) is 27.2 Å². The van der Waals surface area contributed by atoms with Gasteiger partial charge in [0.05, 0.1) is 4.92 Å². The first-order valence-corrected chi connectivity index (χ1v) is 6.98. The third kappa shape index (κ3) is 3.83. The molecule has 1 aliphatic rings. The summed E-state index contributed by atoms with van der Waals surface area (Å²) in [7, 11) is 0. The summed E-state index contributed by atoms with van der Waals surface area (Å²) in [6.45, 7) is 9.67. The number of nitrogens with one attached hydrogen (secondary N) is 1. The number of ether oxygens (including phenoxy) is 2. The van der Waals surface area contributed by atoms with Crippen molar-refractivity contribution in [3.8, 4) is 0 Å². The molecule has 0 radical (unpaired) electrons. The van der Waals surface area contributed by atoms with Crippen LogP contribution in [-0.2, 0) is 9.47 Å². The largest absolute Gasteiger partial charge is 0.624 e. The lowest BCUT2D eigenvalue weighted by Gasteiger charge is -2.32. The third-order valence-electron chi connectivity index (χ3n) is 3.29. The maximum atomic E-state index is 12.1. The molecule has 8 nitrogen and oxygen atoms in total. The fraction of sp³-hybridized carbons (Fsp3) is 0.643. The summed E-state index contributed by atoms with van der Waals surface area (Å²) < 4.78 is 10.2. The van der Waals surface area contributed by atoms with Gasteiger partial charge in [0.1, 0.15) is 11.3 Å². The molecule has 0 fully saturated rings. The lowest BCUT2D eigenvalue weighted by molar-refractivity contribution is -0.770. The fourth-order valence-corrected chi connectivity index (χ4v) is 2.28. The quantitative estimate of drug-likeness (QED) is 0.369. The van der Waals surface area contributed by atoms with Crippen molar-refractivity contribution in [3.63, 3.8) is 0 Å². The number of quaternary nitrogens is 1. The van der Waals surface area contributed by atoms with Gasteiger partial charge in [-0.2, -0.15) is 0 Å². The van der Waals surface area contributed by atoms with E-state index in [4.69, 9.17) is 9.47 Å². The van der Waals surface area contributed by atoms with Gasteiger partial charge < -0.3 is 19.7 Å². The van der Waals surface area contributed by atoms with Crippen molar-refractivity contribution in [2.75, 3.05) is 0 Å². The molecule has 124 valence electrons. The second kappa shape index (κ2) is 6.45. The Balaban J connectivity index is 3.20. The lowest BCUT2D eigenvalue weighted by atomic mass is 9.97. The fourth-order valence-electron chi connectivity index (χ4n) is 2.28. The molecule has 0 amide bonds. The van der Waals surface area contributed by atoms with Crippen LogP contribution in [0, 0.1) is 15.3 Å². The molecule has 0 bridgehead atoms. The maximum Gasteiger partial charge on any atom is 0.509 e. The van der Waals surface area contributed by atoms with Crippen LogP contribution in [-0.4, -0.2) is 22.8 Å². The van der Waals surface area contributed by atoms with E-state index in [9.17, 15) is 20.1 Å². The van der Waals surface area contributed by atoms with Crippen LogP contribution in [0.2, 0.25) is 0 Å². The van der Waals surface area contributed by atoms with E-state index in [2.05, 4.69) is 0 Å². The normalized spacial score (nSPS) is 22.7. The van der Waals surface area contributed by atoms with E-state index in [0.29, 0.717) is 17.7 Å². The Labute approximate surface area is 129 Å². The Bertz CT molecular complexity index is 544. The predicted molar refractivity (Wildman–Crippen MR) is 78.1 cm³/mol. The van der Waals surface area contributed by atoms with Crippen molar-refractivity contribution < 1.29 is 24.3 Å². The molecular formula is C14H22N2O6. The van der Waals surface area contributed by atoms with Gasteiger partial charge in [0, 0.05) is 19.4 Å². The van der Waals surface area contributed by atoms with Crippen LogP contribution >= 0.6 is 0 Å². The minimum atomic E-state index is -1.20. The number of carbonyl (C=O) groups is 1. The molecule has 0 aromatic rings.